The Hall–Kier alpha value is -2.75. The molecule has 150 valence electrons. The Morgan fingerprint density at radius 3 is 2.52 bits per heavy atom. The monoisotopic (exact) mass is 390 g/mol. The zero-order valence-electron chi connectivity index (χ0n) is 17.0. The number of amides is 1. The van der Waals surface area contributed by atoms with Crippen LogP contribution >= 0.6 is 0 Å². The molecule has 3 nitrogen and oxygen atoms in total. The molecule has 1 aliphatic carbocycles. The molecule has 1 N–H and O–H groups in total. The van der Waals surface area contributed by atoms with E-state index >= 15 is 0 Å². The minimum absolute atomic E-state index is 0.00442. The largest absolute Gasteiger partial charge is 0.349 e. The number of pyridine rings is 1. The Balaban J connectivity index is 1.40. The van der Waals surface area contributed by atoms with E-state index in [1.807, 2.05) is 43.5 Å². The van der Waals surface area contributed by atoms with Gasteiger partial charge in [-0.2, -0.15) is 0 Å². The maximum atomic E-state index is 13.8. The third-order valence-electron chi connectivity index (χ3n) is 6.33. The number of aromatic nitrogens is 1. The van der Waals surface area contributed by atoms with Crippen LogP contribution in [0.3, 0.4) is 0 Å². The van der Waals surface area contributed by atoms with E-state index in [-0.39, 0.29) is 17.8 Å². The molecule has 0 radical (unpaired) electrons. The topological polar surface area (TPSA) is 42.0 Å². The van der Waals surface area contributed by atoms with Crippen molar-refractivity contribution >= 4 is 16.8 Å². The molecular weight excluding hydrogens is 363 g/mol. The molecule has 0 spiro atoms. The summed E-state index contributed by atoms with van der Waals surface area (Å²) in [7, 11) is 0. The summed E-state index contributed by atoms with van der Waals surface area (Å²) in [5, 5.41) is 4.11. The maximum Gasteiger partial charge on any atom is 0.251 e. The molecule has 1 aliphatic rings. The lowest BCUT2D eigenvalue weighted by molar-refractivity contribution is 0.0918. The Kier molecular flexibility index (Phi) is 5.61. The molecule has 1 heterocycles. The van der Waals surface area contributed by atoms with Gasteiger partial charge in [0.1, 0.15) is 5.82 Å². The van der Waals surface area contributed by atoms with Crippen molar-refractivity contribution in [1.82, 2.24) is 10.3 Å². The number of rotatable bonds is 4. The van der Waals surface area contributed by atoms with Gasteiger partial charge >= 0.3 is 0 Å². The van der Waals surface area contributed by atoms with Gasteiger partial charge in [0.25, 0.3) is 5.91 Å². The fraction of sp³-hybridized carbons (Fsp3) is 0.360. The van der Waals surface area contributed by atoms with Crippen molar-refractivity contribution in [3.05, 3.63) is 77.2 Å². The summed E-state index contributed by atoms with van der Waals surface area (Å²) in [6.45, 7) is 4.12. The molecule has 1 aromatic heterocycles. The van der Waals surface area contributed by atoms with Crippen LogP contribution in [0.25, 0.3) is 10.9 Å². The highest BCUT2D eigenvalue weighted by molar-refractivity contribution is 5.94. The summed E-state index contributed by atoms with van der Waals surface area (Å²) < 4.78 is 13.8. The van der Waals surface area contributed by atoms with Gasteiger partial charge in [-0.25, -0.2) is 4.39 Å². The highest BCUT2D eigenvalue weighted by Gasteiger charge is 2.28. The van der Waals surface area contributed by atoms with Gasteiger partial charge in [-0.1, -0.05) is 17.7 Å². The van der Waals surface area contributed by atoms with Crippen molar-refractivity contribution < 1.29 is 9.18 Å². The first-order chi connectivity index (χ1) is 14.0. The average Bonchev–Trinajstić information content (AvgIpc) is 2.74. The molecule has 1 amide bonds. The number of aryl methyl sites for hydroxylation is 1. The van der Waals surface area contributed by atoms with E-state index in [0.717, 1.165) is 42.1 Å². The van der Waals surface area contributed by atoms with Crippen LogP contribution in [0.1, 0.15) is 60.0 Å². The van der Waals surface area contributed by atoms with Gasteiger partial charge in [0.15, 0.2) is 0 Å². The second kappa shape index (κ2) is 8.32. The predicted octanol–water partition coefficient (Wildman–Crippen LogP) is 5.77. The number of hydrogen-bond acceptors (Lipinski definition) is 2. The highest BCUT2D eigenvalue weighted by atomic mass is 19.1. The van der Waals surface area contributed by atoms with Crippen LogP contribution in [0.5, 0.6) is 0 Å². The summed E-state index contributed by atoms with van der Waals surface area (Å²) in [5.74, 6) is 0.659. The standard InChI is InChI=1S/C25H27FN2O/c1-16-3-5-20(6-4-16)25(29)28-17(2)18-7-9-19(10-8-18)22-13-14-27-24-12-11-21(26)15-23(22)24/h3-6,11-15,17-19H,7-10H2,1-2H3,(H,28,29)/t17-,18-,19-/m1/s1. The number of halogens is 1. The molecule has 1 atom stereocenters. The van der Waals surface area contributed by atoms with Crippen molar-refractivity contribution in [2.45, 2.75) is 51.5 Å². The van der Waals surface area contributed by atoms with Gasteiger partial charge in [-0.15, -0.1) is 0 Å². The van der Waals surface area contributed by atoms with E-state index in [9.17, 15) is 9.18 Å². The first-order valence-corrected chi connectivity index (χ1v) is 10.4. The first-order valence-electron chi connectivity index (χ1n) is 10.4. The van der Waals surface area contributed by atoms with E-state index < -0.39 is 0 Å². The van der Waals surface area contributed by atoms with Gasteiger partial charge in [-0.3, -0.25) is 9.78 Å². The van der Waals surface area contributed by atoms with Crippen LogP contribution in [0.15, 0.2) is 54.7 Å². The van der Waals surface area contributed by atoms with Crippen molar-refractivity contribution in [3.63, 3.8) is 0 Å². The molecule has 0 saturated heterocycles. The average molecular weight is 391 g/mol. The van der Waals surface area contributed by atoms with Crippen molar-refractivity contribution in [1.29, 1.82) is 0 Å². The molecule has 1 fully saturated rings. The van der Waals surface area contributed by atoms with Gasteiger partial charge in [0, 0.05) is 23.2 Å². The van der Waals surface area contributed by atoms with E-state index in [4.69, 9.17) is 0 Å². The Morgan fingerprint density at radius 2 is 1.79 bits per heavy atom. The third-order valence-corrected chi connectivity index (χ3v) is 6.33. The van der Waals surface area contributed by atoms with Crippen LogP contribution in [0.4, 0.5) is 4.39 Å². The number of fused-ring (bicyclic) bond motifs is 1. The summed E-state index contributed by atoms with van der Waals surface area (Å²) in [5.41, 5.74) is 3.91. The van der Waals surface area contributed by atoms with E-state index in [1.165, 1.54) is 11.6 Å². The molecule has 4 rings (SSSR count). The lowest BCUT2D eigenvalue weighted by atomic mass is 9.75. The summed E-state index contributed by atoms with van der Waals surface area (Å²) in [4.78, 5) is 16.9. The normalized spacial score (nSPS) is 20.4. The molecular formula is C25H27FN2O. The highest BCUT2D eigenvalue weighted by Crippen LogP contribution is 2.39. The Bertz CT molecular complexity index is 1010. The van der Waals surface area contributed by atoms with Crippen LogP contribution in [-0.4, -0.2) is 16.9 Å². The van der Waals surface area contributed by atoms with Crippen molar-refractivity contribution in [2.24, 2.45) is 5.92 Å². The van der Waals surface area contributed by atoms with E-state index in [1.54, 1.807) is 12.1 Å². The lowest BCUT2D eigenvalue weighted by Gasteiger charge is -2.33. The molecule has 0 bridgehead atoms. The SMILES string of the molecule is Cc1ccc(C(=O)N[C@H](C)[C@H]2CC[C@H](c3ccnc4ccc(F)cc43)CC2)cc1. The number of nitrogens with one attached hydrogen (secondary N) is 1. The second-order valence-electron chi connectivity index (χ2n) is 8.30. The molecule has 29 heavy (non-hydrogen) atoms. The molecule has 0 unspecified atom stereocenters. The molecule has 1 saturated carbocycles. The maximum absolute atomic E-state index is 13.8. The number of carbonyl (C=O) groups is 1. The number of benzene rings is 2. The summed E-state index contributed by atoms with van der Waals surface area (Å²) in [6, 6.07) is 14.7. The molecule has 3 aromatic rings. The van der Waals surface area contributed by atoms with Crippen LogP contribution in [0.2, 0.25) is 0 Å². The van der Waals surface area contributed by atoms with Crippen molar-refractivity contribution in [2.75, 3.05) is 0 Å². The van der Waals surface area contributed by atoms with Crippen molar-refractivity contribution in [3.8, 4) is 0 Å². The van der Waals surface area contributed by atoms with Gasteiger partial charge in [0.05, 0.1) is 5.52 Å². The predicted molar refractivity (Wildman–Crippen MR) is 115 cm³/mol. The fourth-order valence-corrected chi connectivity index (χ4v) is 4.54. The number of nitrogens with zero attached hydrogens (tertiary/aromatic N) is 1. The van der Waals surface area contributed by atoms with Crippen LogP contribution < -0.4 is 5.32 Å². The quantitative estimate of drug-likeness (QED) is 0.614. The van der Waals surface area contributed by atoms with Gasteiger partial charge < -0.3 is 5.32 Å². The van der Waals surface area contributed by atoms with Gasteiger partial charge in [-0.05, 0) is 93.3 Å². The number of carbonyl (C=O) groups excluding carboxylic acids is 1. The first kappa shape index (κ1) is 19.6. The van der Waals surface area contributed by atoms with Crippen LogP contribution in [0, 0.1) is 18.7 Å². The lowest BCUT2D eigenvalue weighted by Crippen LogP contribution is -2.39. The molecule has 0 aliphatic heterocycles. The van der Waals surface area contributed by atoms with E-state index in [2.05, 4.69) is 17.2 Å². The Labute approximate surface area is 171 Å². The minimum atomic E-state index is -0.215. The summed E-state index contributed by atoms with van der Waals surface area (Å²) in [6.07, 6.45) is 6.03. The Morgan fingerprint density at radius 1 is 1.07 bits per heavy atom. The number of hydrogen-bond donors (Lipinski definition) is 1. The zero-order valence-corrected chi connectivity index (χ0v) is 17.0. The fourth-order valence-electron chi connectivity index (χ4n) is 4.54. The minimum Gasteiger partial charge on any atom is -0.349 e. The zero-order chi connectivity index (χ0) is 20.4. The molecule has 4 heteroatoms. The van der Waals surface area contributed by atoms with Gasteiger partial charge in [0.2, 0.25) is 0 Å². The summed E-state index contributed by atoms with van der Waals surface area (Å²) >= 11 is 0. The second-order valence-corrected chi connectivity index (χ2v) is 8.30. The van der Waals surface area contributed by atoms with Crippen LogP contribution in [-0.2, 0) is 0 Å². The molecule has 2 aromatic carbocycles. The smallest absolute Gasteiger partial charge is 0.251 e. The third kappa shape index (κ3) is 4.31. The van der Waals surface area contributed by atoms with E-state index in [0.29, 0.717) is 17.4 Å².